The number of nitrogens with zero attached hydrogens (tertiary/aromatic N) is 3. The first-order chi connectivity index (χ1) is 13.4. The average Bonchev–Trinajstić information content (AvgIpc) is 3.12. The van der Waals surface area contributed by atoms with Crippen LogP contribution in [0.3, 0.4) is 0 Å². The summed E-state index contributed by atoms with van der Waals surface area (Å²) < 4.78 is 1.73. The fourth-order valence-corrected chi connectivity index (χ4v) is 3.53. The number of nitrogens with one attached hydrogen (secondary N) is 2. The fourth-order valence-electron chi connectivity index (χ4n) is 3.36. The van der Waals surface area contributed by atoms with Gasteiger partial charge in [0.05, 0.1) is 5.57 Å². The second kappa shape index (κ2) is 7.13. The molecule has 142 valence electrons. The number of rotatable bonds is 3. The Hall–Kier alpha value is -3.12. The minimum absolute atomic E-state index is 0.206. The van der Waals surface area contributed by atoms with Crippen molar-refractivity contribution in [3.63, 3.8) is 0 Å². The lowest BCUT2D eigenvalue weighted by molar-refractivity contribution is -0.113. The molecule has 0 bridgehead atoms. The number of aromatic nitrogens is 3. The summed E-state index contributed by atoms with van der Waals surface area (Å²) in [6.07, 6.45) is 1.48. The summed E-state index contributed by atoms with van der Waals surface area (Å²) in [7, 11) is 0. The summed E-state index contributed by atoms with van der Waals surface area (Å²) in [5.41, 5.74) is 5.06. The molecule has 1 amide bonds. The zero-order valence-electron chi connectivity index (χ0n) is 15.8. The van der Waals surface area contributed by atoms with Crippen molar-refractivity contribution < 1.29 is 4.79 Å². The lowest BCUT2D eigenvalue weighted by Crippen LogP contribution is -2.31. The van der Waals surface area contributed by atoms with Crippen molar-refractivity contribution in [1.29, 1.82) is 0 Å². The van der Waals surface area contributed by atoms with Gasteiger partial charge in [0.2, 0.25) is 5.95 Å². The maximum atomic E-state index is 13.3. The number of benzene rings is 2. The molecule has 4 rings (SSSR count). The van der Waals surface area contributed by atoms with Gasteiger partial charge in [-0.1, -0.05) is 47.5 Å². The zero-order chi connectivity index (χ0) is 19.8. The Bertz CT molecular complexity index is 1080. The zero-order valence-corrected chi connectivity index (χ0v) is 16.6. The second-order valence-electron chi connectivity index (χ2n) is 6.92. The molecule has 0 fully saturated rings. The van der Waals surface area contributed by atoms with Crippen LogP contribution >= 0.6 is 11.6 Å². The lowest BCUT2D eigenvalue weighted by atomic mass is 9.94. The van der Waals surface area contributed by atoms with Crippen LogP contribution in [0.25, 0.3) is 0 Å². The second-order valence-corrected chi connectivity index (χ2v) is 7.35. The van der Waals surface area contributed by atoms with Crippen molar-refractivity contribution in [1.82, 2.24) is 14.8 Å². The van der Waals surface area contributed by atoms with E-state index in [1.54, 1.807) is 16.8 Å². The van der Waals surface area contributed by atoms with Crippen molar-refractivity contribution in [2.75, 3.05) is 10.6 Å². The molecule has 1 aliphatic rings. The number of amides is 1. The number of halogens is 1. The van der Waals surface area contributed by atoms with Crippen LogP contribution in [0.2, 0.25) is 5.02 Å². The van der Waals surface area contributed by atoms with Gasteiger partial charge >= 0.3 is 0 Å². The van der Waals surface area contributed by atoms with Crippen LogP contribution in [0.5, 0.6) is 0 Å². The lowest BCUT2D eigenvalue weighted by Gasteiger charge is -2.29. The first kappa shape index (κ1) is 18.3. The van der Waals surface area contributed by atoms with E-state index >= 15 is 0 Å². The van der Waals surface area contributed by atoms with Crippen molar-refractivity contribution in [3.05, 3.63) is 81.8 Å². The molecule has 0 radical (unpaired) electrons. The molecule has 7 heteroatoms. The van der Waals surface area contributed by atoms with Gasteiger partial charge in [0.15, 0.2) is 0 Å². The van der Waals surface area contributed by atoms with Crippen LogP contribution < -0.4 is 10.6 Å². The van der Waals surface area contributed by atoms with Crippen molar-refractivity contribution in [2.45, 2.75) is 26.8 Å². The molecule has 1 aromatic heterocycles. The number of allylic oxidation sites excluding steroid dienone is 1. The Morgan fingerprint density at radius 1 is 1.14 bits per heavy atom. The highest BCUT2D eigenvalue weighted by Crippen LogP contribution is 2.35. The van der Waals surface area contributed by atoms with Crippen LogP contribution in [0.1, 0.15) is 29.7 Å². The van der Waals surface area contributed by atoms with Gasteiger partial charge < -0.3 is 10.6 Å². The van der Waals surface area contributed by atoms with Crippen molar-refractivity contribution in [3.8, 4) is 0 Å². The van der Waals surface area contributed by atoms with Crippen LogP contribution in [-0.2, 0) is 4.79 Å². The minimum Gasteiger partial charge on any atom is -0.328 e. The third-order valence-corrected chi connectivity index (χ3v) is 5.12. The minimum atomic E-state index is -0.376. The summed E-state index contributed by atoms with van der Waals surface area (Å²) in [4.78, 5) is 17.6. The van der Waals surface area contributed by atoms with E-state index in [2.05, 4.69) is 20.7 Å². The molecule has 0 saturated heterocycles. The molecule has 2 heterocycles. The molecule has 3 aromatic rings. The van der Waals surface area contributed by atoms with Gasteiger partial charge in [-0.05, 0) is 44.0 Å². The standard InChI is InChI=1S/C21H20ClN5O/c1-12-4-7-15(8-5-12)19-18(14(3)25-21-23-11-24-27(19)21)20(28)26-17-10-16(22)9-6-13(17)2/h4-11,19H,1-3H3,(H,26,28)(H,23,24,25)/t19-/m1/s1. The number of hydrogen-bond acceptors (Lipinski definition) is 4. The molecule has 0 aliphatic carbocycles. The fraction of sp³-hybridized carbons (Fsp3) is 0.190. The molecule has 28 heavy (non-hydrogen) atoms. The number of aryl methyl sites for hydroxylation is 2. The SMILES string of the molecule is CC1=C(C(=O)Nc2cc(Cl)ccc2C)[C@@H](c2ccc(C)cc2)n2ncnc2N1. The summed E-state index contributed by atoms with van der Waals surface area (Å²) in [5, 5.41) is 11.1. The van der Waals surface area contributed by atoms with Gasteiger partial charge in [0.1, 0.15) is 12.4 Å². The highest BCUT2D eigenvalue weighted by atomic mass is 35.5. The number of carbonyl (C=O) groups excluding carboxylic acids is 1. The maximum absolute atomic E-state index is 13.3. The number of fused-ring (bicyclic) bond motifs is 1. The van der Waals surface area contributed by atoms with Gasteiger partial charge in [-0.25, -0.2) is 4.68 Å². The summed E-state index contributed by atoms with van der Waals surface area (Å²) in [5.74, 6) is 0.403. The van der Waals surface area contributed by atoms with E-state index in [9.17, 15) is 4.79 Å². The van der Waals surface area contributed by atoms with E-state index in [1.165, 1.54) is 6.33 Å². The smallest absolute Gasteiger partial charge is 0.255 e. The first-order valence-corrected chi connectivity index (χ1v) is 9.33. The third kappa shape index (κ3) is 3.27. The first-order valence-electron chi connectivity index (χ1n) is 8.95. The van der Waals surface area contributed by atoms with Gasteiger partial charge in [-0.3, -0.25) is 4.79 Å². The average molecular weight is 394 g/mol. The number of hydrogen-bond donors (Lipinski definition) is 2. The van der Waals surface area contributed by atoms with E-state index in [1.807, 2.05) is 51.1 Å². The summed E-state index contributed by atoms with van der Waals surface area (Å²) in [6, 6.07) is 13.1. The molecule has 6 nitrogen and oxygen atoms in total. The summed E-state index contributed by atoms with van der Waals surface area (Å²) in [6.45, 7) is 5.84. The Morgan fingerprint density at radius 3 is 2.64 bits per heavy atom. The van der Waals surface area contributed by atoms with Crippen LogP contribution in [0.4, 0.5) is 11.6 Å². The summed E-state index contributed by atoms with van der Waals surface area (Å²) >= 11 is 6.11. The van der Waals surface area contributed by atoms with E-state index < -0.39 is 0 Å². The third-order valence-electron chi connectivity index (χ3n) is 4.88. The van der Waals surface area contributed by atoms with Gasteiger partial charge in [0, 0.05) is 16.4 Å². The molecule has 0 spiro atoms. The van der Waals surface area contributed by atoms with Gasteiger partial charge in [-0.15, -0.1) is 0 Å². The topological polar surface area (TPSA) is 71.8 Å². The predicted octanol–water partition coefficient (Wildman–Crippen LogP) is 4.48. The monoisotopic (exact) mass is 393 g/mol. The maximum Gasteiger partial charge on any atom is 0.255 e. The number of anilines is 2. The van der Waals surface area contributed by atoms with E-state index in [-0.39, 0.29) is 11.9 Å². The highest BCUT2D eigenvalue weighted by molar-refractivity contribution is 6.31. The molecular formula is C21H20ClN5O. The van der Waals surface area contributed by atoms with Gasteiger partial charge in [0.25, 0.3) is 5.91 Å². The van der Waals surface area contributed by atoms with E-state index in [0.717, 1.165) is 22.4 Å². The Morgan fingerprint density at radius 2 is 1.89 bits per heavy atom. The van der Waals surface area contributed by atoms with Crippen LogP contribution in [0.15, 0.2) is 60.1 Å². The van der Waals surface area contributed by atoms with Crippen LogP contribution in [-0.4, -0.2) is 20.7 Å². The van der Waals surface area contributed by atoms with E-state index in [4.69, 9.17) is 11.6 Å². The Labute approximate surface area is 168 Å². The molecule has 2 N–H and O–H groups in total. The highest BCUT2D eigenvalue weighted by Gasteiger charge is 2.33. The number of carbonyl (C=O) groups is 1. The molecule has 2 aromatic carbocycles. The Kier molecular flexibility index (Phi) is 4.65. The van der Waals surface area contributed by atoms with Crippen molar-refractivity contribution >= 4 is 29.1 Å². The molecular weight excluding hydrogens is 374 g/mol. The van der Waals surface area contributed by atoms with E-state index in [0.29, 0.717) is 22.2 Å². The van der Waals surface area contributed by atoms with Gasteiger partial charge in [-0.2, -0.15) is 10.1 Å². The molecule has 0 unspecified atom stereocenters. The largest absolute Gasteiger partial charge is 0.328 e. The van der Waals surface area contributed by atoms with Crippen molar-refractivity contribution in [2.24, 2.45) is 0 Å². The normalized spacial score (nSPS) is 15.8. The molecule has 1 atom stereocenters. The van der Waals surface area contributed by atoms with Crippen LogP contribution in [0, 0.1) is 13.8 Å². The molecule has 1 aliphatic heterocycles. The molecule has 0 saturated carbocycles. The Balaban J connectivity index is 1.77. The predicted molar refractivity (Wildman–Crippen MR) is 110 cm³/mol. The quantitative estimate of drug-likeness (QED) is 0.688.